The molecule has 0 fully saturated rings. The predicted octanol–water partition coefficient (Wildman–Crippen LogP) is 4.08. The monoisotopic (exact) mass is 274 g/mol. The quantitative estimate of drug-likeness (QED) is 0.768. The van der Waals surface area contributed by atoms with E-state index in [4.69, 9.17) is 16.3 Å². The van der Waals surface area contributed by atoms with Gasteiger partial charge in [0.15, 0.2) is 0 Å². The Hall–Kier alpha value is -1.80. The van der Waals surface area contributed by atoms with Crippen molar-refractivity contribution < 1.29 is 9.53 Å². The number of carbonyl (C=O) groups is 1. The molecule has 19 heavy (non-hydrogen) atoms. The van der Waals surface area contributed by atoms with Gasteiger partial charge >= 0.3 is 0 Å². The highest BCUT2D eigenvalue weighted by atomic mass is 35.5. The maximum Gasteiger partial charge on any atom is 0.150 e. The van der Waals surface area contributed by atoms with Crippen molar-refractivity contribution in [2.75, 3.05) is 6.61 Å². The van der Waals surface area contributed by atoms with E-state index < -0.39 is 0 Å². The van der Waals surface area contributed by atoms with Crippen molar-refractivity contribution in [2.45, 2.75) is 13.3 Å². The second-order valence-electron chi connectivity index (χ2n) is 4.37. The fourth-order valence-corrected chi connectivity index (χ4v) is 2.03. The zero-order valence-corrected chi connectivity index (χ0v) is 11.5. The maximum atomic E-state index is 10.7. The van der Waals surface area contributed by atoms with Crippen molar-refractivity contribution in [2.24, 2.45) is 0 Å². The molecule has 0 unspecified atom stereocenters. The van der Waals surface area contributed by atoms with Crippen LogP contribution < -0.4 is 4.74 Å². The second-order valence-corrected chi connectivity index (χ2v) is 4.81. The minimum absolute atomic E-state index is 0.559. The van der Waals surface area contributed by atoms with E-state index >= 15 is 0 Å². The number of benzene rings is 2. The number of hydrogen-bond acceptors (Lipinski definition) is 2. The molecule has 0 radical (unpaired) electrons. The number of ether oxygens (including phenoxy) is 1. The van der Waals surface area contributed by atoms with Crippen LogP contribution in [-0.4, -0.2) is 12.9 Å². The van der Waals surface area contributed by atoms with Gasteiger partial charge in [-0.1, -0.05) is 35.9 Å². The summed E-state index contributed by atoms with van der Waals surface area (Å²) in [5.41, 5.74) is 2.79. The lowest BCUT2D eigenvalue weighted by Crippen LogP contribution is -2.03. The second kappa shape index (κ2) is 6.39. The number of hydrogen-bond donors (Lipinski definition) is 0. The highest BCUT2D eigenvalue weighted by Gasteiger charge is 2.02. The molecule has 2 rings (SSSR count). The van der Waals surface area contributed by atoms with Crippen LogP contribution in [-0.2, 0) is 6.42 Å². The largest absolute Gasteiger partial charge is 0.493 e. The van der Waals surface area contributed by atoms with Crippen LogP contribution >= 0.6 is 11.6 Å². The van der Waals surface area contributed by atoms with Crippen LogP contribution in [0.1, 0.15) is 21.5 Å². The van der Waals surface area contributed by atoms with Crippen molar-refractivity contribution in [3.8, 4) is 5.75 Å². The molecular formula is C16H15ClO2. The minimum Gasteiger partial charge on any atom is -0.493 e. The summed E-state index contributed by atoms with van der Waals surface area (Å²) in [6, 6.07) is 13.2. The fourth-order valence-electron chi connectivity index (χ4n) is 1.82. The molecule has 2 aromatic rings. The van der Waals surface area contributed by atoms with Crippen LogP contribution in [0.5, 0.6) is 5.75 Å². The Bertz CT molecular complexity index is 579. The molecule has 0 heterocycles. The van der Waals surface area contributed by atoms with Gasteiger partial charge in [0.25, 0.3) is 0 Å². The Kier molecular flexibility index (Phi) is 4.58. The smallest absolute Gasteiger partial charge is 0.150 e. The molecule has 3 heteroatoms. The number of halogens is 1. The van der Waals surface area contributed by atoms with Crippen LogP contribution in [0.4, 0.5) is 0 Å². The van der Waals surface area contributed by atoms with Crippen molar-refractivity contribution in [3.05, 3.63) is 64.2 Å². The average molecular weight is 275 g/mol. The van der Waals surface area contributed by atoms with Gasteiger partial charge < -0.3 is 4.74 Å². The van der Waals surface area contributed by atoms with E-state index in [1.54, 1.807) is 12.1 Å². The summed E-state index contributed by atoms with van der Waals surface area (Å²) >= 11 is 5.93. The molecule has 0 saturated carbocycles. The molecule has 98 valence electrons. The SMILES string of the molecule is Cc1ccc(C=O)cc1OCCc1cccc(Cl)c1. The van der Waals surface area contributed by atoms with Crippen LogP contribution in [0.15, 0.2) is 42.5 Å². The minimum atomic E-state index is 0.559. The topological polar surface area (TPSA) is 26.3 Å². The van der Waals surface area contributed by atoms with Crippen molar-refractivity contribution in [1.29, 1.82) is 0 Å². The third kappa shape index (κ3) is 3.83. The van der Waals surface area contributed by atoms with Gasteiger partial charge in [-0.05, 0) is 36.2 Å². The van der Waals surface area contributed by atoms with Crippen LogP contribution in [0.2, 0.25) is 5.02 Å². The Morgan fingerprint density at radius 3 is 2.79 bits per heavy atom. The summed E-state index contributed by atoms with van der Waals surface area (Å²) < 4.78 is 5.72. The Balaban J connectivity index is 1.97. The highest BCUT2D eigenvalue weighted by Crippen LogP contribution is 2.19. The van der Waals surface area contributed by atoms with E-state index in [1.165, 1.54) is 0 Å². The predicted molar refractivity (Wildman–Crippen MR) is 77.2 cm³/mol. The van der Waals surface area contributed by atoms with E-state index in [1.807, 2.05) is 37.3 Å². The maximum absolute atomic E-state index is 10.7. The van der Waals surface area contributed by atoms with E-state index in [2.05, 4.69) is 0 Å². The Morgan fingerprint density at radius 2 is 2.05 bits per heavy atom. The number of rotatable bonds is 5. The van der Waals surface area contributed by atoms with Crippen LogP contribution in [0.25, 0.3) is 0 Å². The average Bonchev–Trinajstić information content (AvgIpc) is 2.41. The van der Waals surface area contributed by atoms with E-state index in [0.29, 0.717) is 12.2 Å². The molecule has 0 aliphatic heterocycles. The molecule has 0 aromatic heterocycles. The first-order chi connectivity index (χ1) is 9.19. The van der Waals surface area contributed by atoms with Gasteiger partial charge in [0.1, 0.15) is 12.0 Å². The zero-order chi connectivity index (χ0) is 13.7. The van der Waals surface area contributed by atoms with Gasteiger partial charge in [-0.2, -0.15) is 0 Å². The summed E-state index contributed by atoms with van der Waals surface area (Å²) in [4.78, 5) is 10.7. The van der Waals surface area contributed by atoms with Crippen LogP contribution in [0.3, 0.4) is 0 Å². The summed E-state index contributed by atoms with van der Waals surface area (Å²) in [6.07, 6.45) is 1.61. The molecule has 2 nitrogen and oxygen atoms in total. The number of aryl methyl sites for hydroxylation is 1. The van der Waals surface area contributed by atoms with Crippen LogP contribution in [0, 0.1) is 6.92 Å². The molecule has 0 atom stereocenters. The van der Waals surface area contributed by atoms with Gasteiger partial charge in [0.2, 0.25) is 0 Å². The third-order valence-electron chi connectivity index (χ3n) is 2.89. The first-order valence-corrected chi connectivity index (χ1v) is 6.50. The molecule has 0 aliphatic carbocycles. The highest BCUT2D eigenvalue weighted by molar-refractivity contribution is 6.30. The number of carbonyl (C=O) groups excluding carboxylic acids is 1. The fraction of sp³-hybridized carbons (Fsp3) is 0.188. The lowest BCUT2D eigenvalue weighted by Gasteiger charge is -2.09. The lowest BCUT2D eigenvalue weighted by molar-refractivity contribution is 0.112. The molecule has 0 saturated heterocycles. The molecule has 2 aromatic carbocycles. The van der Waals surface area contributed by atoms with Gasteiger partial charge in [0.05, 0.1) is 6.61 Å². The van der Waals surface area contributed by atoms with Gasteiger partial charge in [0, 0.05) is 17.0 Å². The molecule has 0 bridgehead atoms. The molecule has 0 spiro atoms. The lowest BCUT2D eigenvalue weighted by atomic mass is 10.1. The van der Waals surface area contributed by atoms with Gasteiger partial charge in [-0.25, -0.2) is 0 Å². The standard InChI is InChI=1S/C16H15ClO2/c1-12-5-6-14(11-18)10-16(12)19-8-7-13-3-2-4-15(17)9-13/h2-6,9-11H,7-8H2,1H3. The van der Waals surface area contributed by atoms with Crippen molar-refractivity contribution in [1.82, 2.24) is 0 Å². The van der Waals surface area contributed by atoms with E-state index in [-0.39, 0.29) is 0 Å². The first kappa shape index (κ1) is 13.6. The normalized spacial score (nSPS) is 10.2. The molecule has 0 N–H and O–H groups in total. The molecule has 0 amide bonds. The summed E-state index contributed by atoms with van der Waals surface area (Å²) in [7, 11) is 0. The third-order valence-corrected chi connectivity index (χ3v) is 3.12. The van der Waals surface area contributed by atoms with Gasteiger partial charge in [-0.15, -0.1) is 0 Å². The molecule has 0 aliphatic rings. The summed E-state index contributed by atoms with van der Waals surface area (Å²) in [5.74, 6) is 0.756. The Labute approximate surface area is 118 Å². The van der Waals surface area contributed by atoms with Gasteiger partial charge in [-0.3, -0.25) is 4.79 Å². The van der Waals surface area contributed by atoms with E-state index in [0.717, 1.165) is 34.6 Å². The number of aldehydes is 1. The van der Waals surface area contributed by atoms with Crippen molar-refractivity contribution >= 4 is 17.9 Å². The van der Waals surface area contributed by atoms with E-state index in [9.17, 15) is 4.79 Å². The first-order valence-electron chi connectivity index (χ1n) is 6.12. The summed E-state index contributed by atoms with van der Waals surface area (Å²) in [5, 5.41) is 0.733. The zero-order valence-electron chi connectivity index (χ0n) is 10.7. The van der Waals surface area contributed by atoms with Crippen molar-refractivity contribution in [3.63, 3.8) is 0 Å². The Morgan fingerprint density at radius 1 is 1.21 bits per heavy atom. The molecular weight excluding hydrogens is 260 g/mol. The summed E-state index contributed by atoms with van der Waals surface area (Å²) in [6.45, 7) is 2.52.